The Balaban J connectivity index is 1.60. The van der Waals surface area contributed by atoms with Gasteiger partial charge in [-0.2, -0.15) is 10.2 Å². The Bertz CT molecular complexity index is 1540. The van der Waals surface area contributed by atoms with Crippen molar-refractivity contribution in [3.63, 3.8) is 0 Å². The standard InChI is InChI=1S/C27H26ClFN8O3/c1-14(38)33-21-12-27(2,3)17-8-7-15(11-20(17)35-25(21)40)34-26-32-13-18(28)23(37-26)36-22-16(5-4-6-19(22)29)24(39)31-10-9-30/h4-8,11,13,21H,10,12H2,1-3H3,(H,31,39)(H,33,38)(H,35,40)(H2,32,34,36,37). The fourth-order valence-electron chi connectivity index (χ4n) is 4.43. The third-order valence-electron chi connectivity index (χ3n) is 6.24. The number of carbonyl (C=O) groups excluding carboxylic acids is 3. The Hall–Kier alpha value is -4.76. The largest absolute Gasteiger partial charge is 0.345 e. The minimum atomic E-state index is -0.726. The average molecular weight is 565 g/mol. The van der Waals surface area contributed by atoms with E-state index in [1.54, 1.807) is 18.2 Å². The SMILES string of the molecule is CC(=O)NC1CC(C)(C)c2ccc(Nc3ncc(Cl)c(Nc4c(F)cccc4C(=O)NCC#N)n3)cc2NC1=O. The van der Waals surface area contributed by atoms with Crippen molar-refractivity contribution in [3.05, 3.63) is 64.6 Å². The number of hydrogen-bond donors (Lipinski definition) is 5. The van der Waals surface area contributed by atoms with Crippen molar-refractivity contribution in [3.8, 4) is 6.07 Å². The number of nitriles is 1. The van der Waals surface area contributed by atoms with Gasteiger partial charge >= 0.3 is 0 Å². The number of amides is 3. The Morgan fingerprint density at radius 1 is 1.25 bits per heavy atom. The number of nitrogens with one attached hydrogen (secondary N) is 5. The zero-order valence-electron chi connectivity index (χ0n) is 21.9. The first-order valence-corrected chi connectivity index (χ1v) is 12.6. The molecule has 5 N–H and O–H groups in total. The highest BCUT2D eigenvalue weighted by atomic mass is 35.5. The zero-order valence-corrected chi connectivity index (χ0v) is 22.6. The van der Waals surface area contributed by atoms with Crippen molar-refractivity contribution >= 4 is 58.2 Å². The van der Waals surface area contributed by atoms with Gasteiger partial charge in [0.25, 0.3) is 5.91 Å². The van der Waals surface area contributed by atoms with E-state index in [1.165, 1.54) is 31.3 Å². The summed E-state index contributed by atoms with van der Waals surface area (Å²) in [5.74, 6) is -1.86. The topological polar surface area (TPSA) is 161 Å². The van der Waals surface area contributed by atoms with Crippen LogP contribution in [0.15, 0.2) is 42.6 Å². The summed E-state index contributed by atoms with van der Waals surface area (Å²) in [7, 11) is 0. The van der Waals surface area contributed by atoms with Crippen LogP contribution in [0.25, 0.3) is 0 Å². The number of halogens is 2. The van der Waals surface area contributed by atoms with Crippen LogP contribution >= 0.6 is 11.6 Å². The van der Waals surface area contributed by atoms with Crippen molar-refractivity contribution in [2.45, 2.75) is 38.6 Å². The van der Waals surface area contributed by atoms with E-state index in [-0.39, 0.29) is 46.4 Å². The van der Waals surface area contributed by atoms with Gasteiger partial charge in [-0.05, 0) is 41.7 Å². The lowest BCUT2D eigenvalue weighted by atomic mass is 9.79. The summed E-state index contributed by atoms with van der Waals surface area (Å²) < 4.78 is 14.7. The molecule has 1 atom stereocenters. The van der Waals surface area contributed by atoms with E-state index in [2.05, 4.69) is 36.6 Å². The average Bonchev–Trinajstić information content (AvgIpc) is 2.98. The van der Waals surface area contributed by atoms with Crippen LogP contribution in [0.2, 0.25) is 5.02 Å². The lowest BCUT2D eigenvalue weighted by Crippen LogP contribution is -2.44. The highest BCUT2D eigenvalue weighted by molar-refractivity contribution is 6.33. The Kier molecular flexibility index (Phi) is 8.16. The van der Waals surface area contributed by atoms with Crippen molar-refractivity contribution in [2.75, 3.05) is 22.5 Å². The molecule has 0 aliphatic carbocycles. The highest BCUT2D eigenvalue weighted by Crippen LogP contribution is 2.38. The number of rotatable bonds is 7. The lowest BCUT2D eigenvalue weighted by molar-refractivity contribution is -0.125. The molecule has 1 unspecified atom stereocenters. The van der Waals surface area contributed by atoms with Crippen LogP contribution in [0.5, 0.6) is 0 Å². The van der Waals surface area contributed by atoms with Gasteiger partial charge in [-0.1, -0.05) is 37.6 Å². The molecule has 2 aromatic carbocycles. The van der Waals surface area contributed by atoms with Gasteiger partial charge in [0.2, 0.25) is 17.8 Å². The first kappa shape index (κ1) is 28.3. The van der Waals surface area contributed by atoms with Gasteiger partial charge in [-0.25, -0.2) is 9.37 Å². The van der Waals surface area contributed by atoms with Crippen molar-refractivity contribution in [1.82, 2.24) is 20.6 Å². The quantitative estimate of drug-likeness (QED) is 0.268. The zero-order chi connectivity index (χ0) is 29.0. The smallest absolute Gasteiger partial charge is 0.254 e. The summed E-state index contributed by atoms with van der Waals surface area (Å²) in [5, 5.41) is 22.6. The van der Waals surface area contributed by atoms with E-state index >= 15 is 0 Å². The third-order valence-corrected chi connectivity index (χ3v) is 6.52. The summed E-state index contributed by atoms with van der Waals surface area (Å²) in [6.07, 6.45) is 1.72. The summed E-state index contributed by atoms with van der Waals surface area (Å²) in [6.45, 7) is 5.10. The van der Waals surface area contributed by atoms with E-state index in [0.29, 0.717) is 17.8 Å². The molecule has 206 valence electrons. The second-order valence-electron chi connectivity index (χ2n) is 9.73. The van der Waals surface area contributed by atoms with Gasteiger partial charge < -0.3 is 26.6 Å². The molecule has 0 saturated heterocycles. The highest BCUT2D eigenvalue weighted by Gasteiger charge is 2.35. The minimum Gasteiger partial charge on any atom is -0.345 e. The molecule has 0 saturated carbocycles. The van der Waals surface area contributed by atoms with Gasteiger partial charge in [-0.3, -0.25) is 14.4 Å². The van der Waals surface area contributed by atoms with Crippen molar-refractivity contribution in [1.29, 1.82) is 5.26 Å². The van der Waals surface area contributed by atoms with Gasteiger partial charge in [-0.15, -0.1) is 0 Å². The minimum absolute atomic E-state index is 0.0287. The molecule has 11 nitrogen and oxygen atoms in total. The fourth-order valence-corrected chi connectivity index (χ4v) is 4.57. The van der Waals surface area contributed by atoms with Crippen LogP contribution in [-0.4, -0.2) is 40.3 Å². The van der Waals surface area contributed by atoms with E-state index in [9.17, 15) is 18.8 Å². The molecule has 1 aliphatic rings. The van der Waals surface area contributed by atoms with Gasteiger partial charge in [0, 0.05) is 18.3 Å². The Labute approximate surface area is 234 Å². The van der Waals surface area contributed by atoms with Crippen LogP contribution in [0.4, 0.5) is 33.2 Å². The van der Waals surface area contributed by atoms with E-state index in [1.807, 2.05) is 19.9 Å². The molecule has 0 radical (unpaired) electrons. The molecule has 1 aromatic heterocycles. The maximum Gasteiger partial charge on any atom is 0.254 e. The normalized spacial score (nSPS) is 15.5. The number of hydrogen-bond acceptors (Lipinski definition) is 8. The molecular weight excluding hydrogens is 539 g/mol. The number of fused-ring (bicyclic) bond motifs is 1. The first-order chi connectivity index (χ1) is 19.0. The Morgan fingerprint density at radius 2 is 2.02 bits per heavy atom. The predicted octanol–water partition coefficient (Wildman–Crippen LogP) is 4.13. The fraction of sp³-hybridized carbons (Fsp3) is 0.259. The molecule has 0 bridgehead atoms. The Morgan fingerprint density at radius 3 is 2.75 bits per heavy atom. The molecule has 40 heavy (non-hydrogen) atoms. The second kappa shape index (κ2) is 11.5. The number of aromatic nitrogens is 2. The van der Waals surface area contributed by atoms with E-state index in [0.717, 1.165) is 5.56 Å². The van der Waals surface area contributed by atoms with Gasteiger partial charge in [0.1, 0.15) is 23.4 Å². The lowest BCUT2D eigenvalue weighted by Gasteiger charge is -2.27. The number of carbonyl (C=O) groups is 3. The summed E-state index contributed by atoms with van der Waals surface area (Å²) >= 11 is 6.27. The number of anilines is 5. The summed E-state index contributed by atoms with van der Waals surface area (Å²) in [5.41, 5.74) is 1.36. The van der Waals surface area contributed by atoms with Crippen molar-refractivity contribution < 1.29 is 18.8 Å². The molecule has 1 aliphatic heterocycles. The molecule has 3 amide bonds. The van der Waals surface area contributed by atoms with Crippen molar-refractivity contribution in [2.24, 2.45) is 0 Å². The van der Waals surface area contributed by atoms with Gasteiger partial charge in [0.15, 0.2) is 5.82 Å². The number of para-hydroxylation sites is 1. The maximum absolute atomic E-state index is 14.7. The molecular formula is C27H26ClFN8O3. The molecule has 2 heterocycles. The maximum atomic E-state index is 14.7. The van der Waals surface area contributed by atoms with Crippen LogP contribution in [0.3, 0.4) is 0 Å². The van der Waals surface area contributed by atoms with Crippen LogP contribution in [0.1, 0.15) is 43.1 Å². The van der Waals surface area contributed by atoms with Crippen LogP contribution in [-0.2, 0) is 15.0 Å². The number of benzene rings is 2. The third kappa shape index (κ3) is 6.27. The summed E-state index contributed by atoms with van der Waals surface area (Å²) in [4.78, 5) is 45.4. The summed E-state index contributed by atoms with van der Waals surface area (Å²) in [6, 6.07) is 10.4. The predicted molar refractivity (Wildman–Crippen MR) is 148 cm³/mol. The molecule has 4 rings (SSSR count). The first-order valence-electron chi connectivity index (χ1n) is 12.2. The van der Waals surface area contributed by atoms with Crippen LogP contribution < -0.4 is 26.6 Å². The van der Waals surface area contributed by atoms with Crippen LogP contribution in [0, 0.1) is 17.1 Å². The van der Waals surface area contributed by atoms with E-state index in [4.69, 9.17) is 16.9 Å². The monoisotopic (exact) mass is 564 g/mol. The van der Waals surface area contributed by atoms with Gasteiger partial charge in [0.05, 0.1) is 23.5 Å². The molecule has 0 fully saturated rings. The molecule has 13 heteroatoms. The molecule has 3 aromatic rings. The number of nitrogens with zero attached hydrogens (tertiary/aromatic N) is 3. The second-order valence-corrected chi connectivity index (χ2v) is 10.1. The van der Waals surface area contributed by atoms with E-state index < -0.39 is 23.2 Å². The molecule has 0 spiro atoms.